The van der Waals surface area contributed by atoms with E-state index in [9.17, 15) is 26.3 Å². The molecule has 0 N–H and O–H groups in total. The molecule has 0 aliphatic rings. The van der Waals surface area contributed by atoms with Gasteiger partial charge in [-0.05, 0) is 23.9 Å². The minimum atomic E-state index is -4.73. The van der Waals surface area contributed by atoms with Gasteiger partial charge in [0.15, 0.2) is 5.69 Å². The number of hydrogen-bond acceptors (Lipinski definition) is 4. The molecule has 13 heteroatoms. The number of rotatable bonds is 3. The van der Waals surface area contributed by atoms with Gasteiger partial charge in [-0.2, -0.15) is 36.7 Å². The van der Waals surface area contributed by atoms with E-state index in [1.54, 1.807) is 0 Å². The van der Waals surface area contributed by atoms with Crippen LogP contribution in [0, 0.1) is 11.3 Å². The van der Waals surface area contributed by atoms with Crippen molar-refractivity contribution in [1.82, 2.24) is 9.78 Å². The Labute approximate surface area is 163 Å². The average molecular weight is 449 g/mol. The van der Waals surface area contributed by atoms with Gasteiger partial charge in [0, 0.05) is 14.1 Å². The lowest BCUT2D eigenvalue weighted by Crippen LogP contribution is -2.16. The molecule has 2 rings (SSSR count). The Kier molecular flexibility index (Phi) is 5.85. The van der Waals surface area contributed by atoms with E-state index in [0.29, 0.717) is 12.1 Å². The van der Waals surface area contributed by atoms with Gasteiger partial charge in [0.25, 0.3) is 0 Å². The Morgan fingerprint density at radius 3 is 2.00 bits per heavy atom. The van der Waals surface area contributed by atoms with Gasteiger partial charge in [-0.3, -0.25) is 0 Å². The molecule has 1 aromatic carbocycles. The van der Waals surface area contributed by atoms with Crippen molar-refractivity contribution >= 4 is 40.8 Å². The standard InChI is InChI=1S/C14H8Cl2F6N4S/c1-25(2)12-11(27-14(20,21)22)9(5-23)24-26(12)10-7(15)3-6(4-8(10)16)13(17,18)19/h3-4H,1-2H3. The summed E-state index contributed by atoms with van der Waals surface area (Å²) in [6.07, 6.45) is -4.73. The van der Waals surface area contributed by atoms with Crippen LogP contribution in [0.4, 0.5) is 32.2 Å². The van der Waals surface area contributed by atoms with E-state index in [4.69, 9.17) is 28.5 Å². The zero-order valence-corrected chi connectivity index (χ0v) is 15.7. The average Bonchev–Trinajstić information content (AvgIpc) is 2.81. The van der Waals surface area contributed by atoms with E-state index in [1.807, 2.05) is 0 Å². The number of nitriles is 1. The maximum absolute atomic E-state index is 12.9. The summed E-state index contributed by atoms with van der Waals surface area (Å²) in [5.74, 6) is -0.211. The Morgan fingerprint density at radius 2 is 1.63 bits per heavy atom. The summed E-state index contributed by atoms with van der Waals surface area (Å²) in [5.41, 5.74) is -6.71. The molecule has 0 fully saturated rings. The van der Waals surface area contributed by atoms with Crippen LogP contribution < -0.4 is 4.90 Å². The molecule has 0 radical (unpaired) electrons. The van der Waals surface area contributed by atoms with E-state index in [0.717, 1.165) is 4.68 Å². The summed E-state index contributed by atoms with van der Waals surface area (Å²) in [6.45, 7) is 0. The lowest BCUT2D eigenvalue weighted by molar-refractivity contribution is -0.137. The fourth-order valence-corrected chi connectivity index (χ4v) is 3.58. The van der Waals surface area contributed by atoms with Crippen LogP contribution >= 0.6 is 35.0 Å². The first kappa shape index (κ1) is 21.5. The molecule has 1 aromatic heterocycles. The molecule has 2 aromatic rings. The molecule has 0 aliphatic heterocycles. The summed E-state index contributed by atoms with van der Waals surface area (Å²) in [5, 5.41) is 11.9. The Morgan fingerprint density at radius 1 is 1.11 bits per heavy atom. The molecule has 27 heavy (non-hydrogen) atoms. The third-order valence-corrected chi connectivity index (χ3v) is 4.51. The molecule has 4 nitrogen and oxygen atoms in total. The Balaban J connectivity index is 2.79. The van der Waals surface area contributed by atoms with E-state index in [1.165, 1.54) is 25.1 Å². The van der Waals surface area contributed by atoms with E-state index in [-0.39, 0.29) is 11.5 Å². The smallest absolute Gasteiger partial charge is 0.362 e. The van der Waals surface area contributed by atoms with Gasteiger partial charge < -0.3 is 4.90 Å². The first-order valence-corrected chi connectivity index (χ1v) is 8.36. The van der Waals surface area contributed by atoms with Crippen molar-refractivity contribution in [2.45, 2.75) is 16.6 Å². The fraction of sp³-hybridized carbons (Fsp3) is 0.286. The summed E-state index contributed by atoms with van der Waals surface area (Å²) in [7, 11) is 2.75. The summed E-state index contributed by atoms with van der Waals surface area (Å²) < 4.78 is 78.1. The highest BCUT2D eigenvalue weighted by molar-refractivity contribution is 8.00. The zero-order chi connectivity index (χ0) is 20.7. The third-order valence-electron chi connectivity index (χ3n) is 3.12. The van der Waals surface area contributed by atoms with Crippen LogP contribution in [0.1, 0.15) is 11.3 Å². The molecule has 146 valence electrons. The lowest BCUT2D eigenvalue weighted by atomic mass is 10.2. The topological polar surface area (TPSA) is 44.9 Å². The largest absolute Gasteiger partial charge is 0.446 e. The number of hydrogen-bond donors (Lipinski definition) is 0. The zero-order valence-electron chi connectivity index (χ0n) is 13.4. The highest BCUT2D eigenvalue weighted by atomic mass is 35.5. The van der Waals surface area contributed by atoms with Crippen molar-refractivity contribution in [1.29, 1.82) is 5.26 Å². The minimum absolute atomic E-state index is 0.211. The molecule has 0 spiro atoms. The second-order valence-corrected chi connectivity index (χ2v) is 7.14. The second-order valence-electron chi connectivity index (χ2n) is 5.25. The Hall–Kier alpha value is -1.77. The van der Waals surface area contributed by atoms with Crippen LogP contribution in [0.2, 0.25) is 10.0 Å². The molecule has 0 saturated carbocycles. The molecular formula is C14H8Cl2F6N4S. The first-order chi connectivity index (χ1) is 12.3. The van der Waals surface area contributed by atoms with Crippen LogP contribution in [0.25, 0.3) is 5.69 Å². The predicted octanol–water partition coefficient (Wildman–Crippen LogP) is 5.75. The predicted molar refractivity (Wildman–Crippen MR) is 89.5 cm³/mol. The summed E-state index contributed by atoms with van der Waals surface area (Å²) >= 11 is 11.3. The quantitative estimate of drug-likeness (QED) is 0.443. The number of anilines is 1. The second kappa shape index (κ2) is 7.33. The van der Waals surface area contributed by atoms with E-state index < -0.39 is 49.6 Å². The summed E-state index contributed by atoms with van der Waals surface area (Å²) in [4.78, 5) is 0.689. The molecular weight excluding hydrogens is 441 g/mol. The monoisotopic (exact) mass is 448 g/mol. The number of aromatic nitrogens is 2. The first-order valence-electron chi connectivity index (χ1n) is 6.79. The molecule has 0 aliphatic carbocycles. The molecule has 0 amide bonds. The van der Waals surface area contributed by atoms with Gasteiger partial charge in [-0.1, -0.05) is 23.2 Å². The molecule has 0 bridgehead atoms. The number of benzene rings is 1. The van der Waals surface area contributed by atoms with Crippen molar-refractivity contribution in [3.8, 4) is 11.8 Å². The highest BCUT2D eigenvalue weighted by Gasteiger charge is 2.37. The molecule has 1 heterocycles. The molecule has 0 atom stereocenters. The van der Waals surface area contributed by atoms with Crippen LogP contribution in [-0.2, 0) is 6.18 Å². The van der Waals surface area contributed by atoms with Gasteiger partial charge in [0.1, 0.15) is 17.6 Å². The number of thioether (sulfide) groups is 1. The lowest BCUT2D eigenvalue weighted by Gasteiger charge is -2.19. The van der Waals surface area contributed by atoms with Crippen LogP contribution in [-0.4, -0.2) is 29.4 Å². The van der Waals surface area contributed by atoms with Crippen LogP contribution in [0.15, 0.2) is 17.0 Å². The van der Waals surface area contributed by atoms with Crippen LogP contribution in [0.3, 0.4) is 0 Å². The van der Waals surface area contributed by atoms with Crippen LogP contribution in [0.5, 0.6) is 0 Å². The number of nitrogens with zero attached hydrogens (tertiary/aromatic N) is 4. The van der Waals surface area contributed by atoms with Gasteiger partial charge >= 0.3 is 11.7 Å². The van der Waals surface area contributed by atoms with E-state index in [2.05, 4.69) is 5.10 Å². The fourth-order valence-electron chi connectivity index (χ4n) is 2.16. The molecule has 0 unspecified atom stereocenters. The third kappa shape index (κ3) is 4.56. The van der Waals surface area contributed by atoms with Crippen molar-refractivity contribution in [2.75, 3.05) is 19.0 Å². The van der Waals surface area contributed by atoms with Gasteiger partial charge in [0.2, 0.25) is 0 Å². The Bertz CT molecular complexity index is 891. The van der Waals surface area contributed by atoms with Gasteiger partial charge in [0.05, 0.1) is 20.5 Å². The maximum atomic E-state index is 12.9. The minimum Gasteiger partial charge on any atom is -0.362 e. The van der Waals surface area contributed by atoms with Crippen molar-refractivity contribution in [3.63, 3.8) is 0 Å². The van der Waals surface area contributed by atoms with E-state index >= 15 is 0 Å². The molecule has 0 saturated heterocycles. The number of halogens is 8. The SMILES string of the molecule is CN(C)c1c(SC(F)(F)F)c(C#N)nn1-c1c(Cl)cc(C(F)(F)F)cc1Cl. The highest BCUT2D eigenvalue weighted by Crippen LogP contribution is 2.45. The van der Waals surface area contributed by atoms with Gasteiger partial charge in [-0.15, -0.1) is 0 Å². The van der Waals surface area contributed by atoms with Gasteiger partial charge in [-0.25, -0.2) is 4.68 Å². The van der Waals surface area contributed by atoms with Crippen molar-refractivity contribution in [3.05, 3.63) is 33.4 Å². The number of alkyl halides is 6. The van der Waals surface area contributed by atoms with Crippen molar-refractivity contribution < 1.29 is 26.3 Å². The van der Waals surface area contributed by atoms with Crippen molar-refractivity contribution in [2.24, 2.45) is 0 Å². The normalized spacial score (nSPS) is 12.2. The maximum Gasteiger partial charge on any atom is 0.446 e. The summed E-state index contributed by atoms with van der Waals surface area (Å²) in [6, 6.07) is 2.68.